The molecule has 2 aromatic rings. The lowest BCUT2D eigenvalue weighted by Crippen LogP contribution is -2.37. The fraction of sp³-hybridized carbons (Fsp3) is 0.333. The van der Waals surface area contributed by atoms with Crippen LogP contribution in [0.5, 0.6) is 5.88 Å². The summed E-state index contributed by atoms with van der Waals surface area (Å²) < 4.78 is 24.1. The molecule has 0 aliphatic rings. The Bertz CT molecular complexity index is 788. The number of ether oxygens (including phenoxy) is 2. The second kappa shape index (κ2) is 7.90. The van der Waals surface area contributed by atoms with E-state index in [1.165, 1.54) is 42.6 Å². The fourth-order valence-corrected chi connectivity index (χ4v) is 2.07. The summed E-state index contributed by atoms with van der Waals surface area (Å²) in [4.78, 5) is 32.6. The van der Waals surface area contributed by atoms with E-state index < -0.39 is 17.5 Å². The van der Waals surface area contributed by atoms with E-state index in [-0.39, 0.29) is 18.2 Å². The molecule has 26 heavy (non-hydrogen) atoms. The van der Waals surface area contributed by atoms with Crippen LogP contribution in [0.2, 0.25) is 0 Å². The van der Waals surface area contributed by atoms with E-state index in [0.29, 0.717) is 17.4 Å². The molecule has 0 saturated carbocycles. The molecule has 0 spiro atoms. The number of carbonyl (C=O) groups is 2. The van der Waals surface area contributed by atoms with Crippen molar-refractivity contribution in [1.82, 2.24) is 9.97 Å². The van der Waals surface area contributed by atoms with Crippen LogP contribution in [0.4, 0.5) is 15.0 Å². The number of halogens is 1. The topological polar surface area (TPSA) is 81.6 Å². The highest BCUT2D eigenvalue weighted by atomic mass is 19.1. The summed E-state index contributed by atoms with van der Waals surface area (Å²) in [6, 6.07) is 4.27. The molecule has 0 aliphatic heterocycles. The molecule has 7 nitrogen and oxygen atoms in total. The molecular formula is C18H20FN3O4. The molecule has 8 heteroatoms. The van der Waals surface area contributed by atoms with Crippen molar-refractivity contribution >= 4 is 18.2 Å². The number of amides is 1. The van der Waals surface area contributed by atoms with Gasteiger partial charge in [0, 0.05) is 18.0 Å². The molecule has 0 radical (unpaired) electrons. The minimum atomic E-state index is -0.721. The monoisotopic (exact) mass is 361 g/mol. The number of rotatable bonds is 5. The quantitative estimate of drug-likeness (QED) is 0.760. The number of aldehydes is 1. The van der Waals surface area contributed by atoms with Gasteiger partial charge in [-0.1, -0.05) is 0 Å². The summed E-state index contributed by atoms with van der Waals surface area (Å²) >= 11 is 0. The maximum Gasteiger partial charge on any atom is 0.416 e. The van der Waals surface area contributed by atoms with Crippen molar-refractivity contribution in [2.24, 2.45) is 0 Å². The zero-order valence-electron chi connectivity index (χ0n) is 15.0. The van der Waals surface area contributed by atoms with Crippen molar-refractivity contribution in [3.8, 4) is 5.88 Å². The maximum absolute atomic E-state index is 13.9. The van der Waals surface area contributed by atoms with Gasteiger partial charge in [0.25, 0.3) is 0 Å². The molecule has 2 rings (SSSR count). The van der Waals surface area contributed by atoms with Gasteiger partial charge in [-0.05, 0) is 44.5 Å². The predicted molar refractivity (Wildman–Crippen MR) is 92.8 cm³/mol. The lowest BCUT2D eigenvalue weighted by molar-refractivity contribution is 0.0576. The molecule has 0 aromatic carbocycles. The van der Waals surface area contributed by atoms with Crippen LogP contribution in [0, 0.1) is 5.82 Å². The highest BCUT2D eigenvalue weighted by molar-refractivity contribution is 5.87. The van der Waals surface area contributed by atoms with Gasteiger partial charge in [-0.2, -0.15) is 0 Å². The molecule has 0 atom stereocenters. The lowest BCUT2D eigenvalue weighted by Gasteiger charge is -2.27. The molecule has 0 unspecified atom stereocenters. The average Bonchev–Trinajstić information content (AvgIpc) is 2.58. The van der Waals surface area contributed by atoms with Gasteiger partial charge in [0.2, 0.25) is 5.88 Å². The molecule has 0 fully saturated rings. The van der Waals surface area contributed by atoms with Crippen molar-refractivity contribution in [1.29, 1.82) is 0 Å². The molecule has 138 valence electrons. The Balaban J connectivity index is 2.34. The van der Waals surface area contributed by atoms with E-state index in [1.54, 1.807) is 20.8 Å². The molecule has 0 bridgehead atoms. The number of carbonyl (C=O) groups excluding carboxylic acids is 2. The van der Waals surface area contributed by atoms with Crippen LogP contribution in [-0.2, 0) is 11.3 Å². The van der Waals surface area contributed by atoms with Gasteiger partial charge in [-0.3, -0.25) is 9.69 Å². The number of pyridine rings is 2. The first kappa shape index (κ1) is 19.3. The smallest absolute Gasteiger partial charge is 0.416 e. The van der Waals surface area contributed by atoms with Crippen molar-refractivity contribution in [2.45, 2.75) is 32.9 Å². The molecule has 0 N–H and O–H groups in total. The number of aromatic nitrogens is 2. The number of anilines is 1. The Hall–Kier alpha value is -3.03. The first-order valence-corrected chi connectivity index (χ1v) is 7.83. The zero-order valence-corrected chi connectivity index (χ0v) is 15.0. The Morgan fingerprint density at radius 3 is 2.50 bits per heavy atom. The van der Waals surface area contributed by atoms with E-state index >= 15 is 0 Å². The average molecular weight is 361 g/mol. The van der Waals surface area contributed by atoms with Gasteiger partial charge in [0.05, 0.1) is 13.7 Å². The lowest BCUT2D eigenvalue weighted by atomic mass is 10.2. The van der Waals surface area contributed by atoms with Crippen LogP contribution in [-0.4, -0.2) is 35.1 Å². The normalized spacial score (nSPS) is 11.0. The van der Waals surface area contributed by atoms with E-state index in [0.717, 1.165) is 0 Å². The van der Waals surface area contributed by atoms with E-state index in [9.17, 15) is 14.0 Å². The largest absolute Gasteiger partial charge is 0.479 e. The van der Waals surface area contributed by atoms with Gasteiger partial charge in [-0.25, -0.2) is 19.2 Å². The van der Waals surface area contributed by atoms with Gasteiger partial charge in [-0.15, -0.1) is 0 Å². The fourth-order valence-electron chi connectivity index (χ4n) is 2.07. The summed E-state index contributed by atoms with van der Waals surface area (Å²) in [5.74, 6) is -0.509. The van der Waals surface area contributed by atoms with Crippen LogP contribution in [0.15, 0.2) is 30.6 Å². The first-order valence-electron chi connectivity index (χ1n) is 7.83. The van der Waals surface area contributed by atoms with E-state index in [2.05, 4.69) is 9.97 Å². The number of hydrogen-bond donors (Lipinski definition) is 0. The SMILES string of the molecule is COc1ncc(CN(C(=O)OC(C)(C)C)c2ccc(C=O)cn2)cc1F. The Labute approximate surface area is 150 Å². The molecule has 2 aromatic heterocycles. The van der Waals surface area contributed by atoms with Crippen molar-refractivity contribution in [3.05, 3.63) is 47.5 Å². The number of hydrogen-bond acceptors (Lipinski definition) is 6. The van der Waals surface area contributed by atoms with Gasteiger partial charge in [0.15, 0.2) is 12.1 Å². The van der Waals surface area contributed by atoms with Crippen molar-refractivity contribution in [3.63, 3.8) is 0 Å². The summed E-state index contributed by atoms with van der Waals surface area (Å²) in [5.41, 5.74) is 0.0760. The summed E-state index contributed by atoms with van der Waals surface area (Å²) in [5, 5.41) is 0. The molecule has 0 aliphatic carbocycles. The third-order valence-corrected chi connectivity index (χ3v) is 3.20. The Morgan fingerprint density at radius 1 is 1.27 bits per heavy atom. The van der Waals surface area contributed by atoms with E-state index in [4.69, 9.17) is 9.47 Å². The van der Waals surface area contributed by atoms with Crippen LogP contribution in [0.1, 0.15) is 36.7 Å². The van der Waals surface area contributed by atoms with Gasteiger partial charge < -0.3 is 9.47 Å². The predicted octanol–water partition coefficient (Wildman–Crippen LogP) is 3.38. The van der Waals surface area contributed by atoms with Crippen molar-refractivity contribution < 1.29 is 23.5 Å². The van der Waals surface area contributed by atoms with Crippen LogP contribution in [0.3, 0.4) is 0 Å². The Morgan fingerprint density at radius 2 is 2.00 bits per heavy atom. The van der Waals surface area contributed by atoms with Crippen LogP contribution in [0.25, 0.3) is 0 Å². The minimum absolute atomic E-state index is 0.0176. The highest BCUT2D eigenvalue weighted by Crippen LogP contribution is 2.21. The second-order valence-electron chi connectivity index (χ2n) is 6.47. The minimum Gasteiger partial charge on any atom is -0.479 e. The third-order valence-electron chi connectivity index (χ3n) is 3.20. The molecule has 2 heterocycles. The van der Waals surface area contributed by atoms with Crippen LogP contribution < -0.4 is 9.64 Å². The summed E-state index contributed by atoms with van der Waals surface area (Å²) in [6.07, 6.45) is 2.74. The maximum atomic E-state index is 13.9. The van der Waals surface area contributed by atoms with Gasteiger partial charge >= 0.3 is 6.09 Å². The third kappa shape index (κ3) is 4.98. The van der Waals surface area contributed by atoms with Crippen LogP contribution >= 0.6 is 0 Å². The molecule has 1 amide bonds. The Kier molecular flexibility index (Phi) is 5.86. The second-order valence-corrected chi connectivity index (χ2v) is 6.47. The molecular weight excluding hydrogens is 341 g/mol. The molecule has 0 saturated heterocycles. The summed E-state index contributed by atoms with van der Waals surface area (Å²) in [7, 11) is 1.32. The first-order chi connectivity index (χ1) is 12.2. The van der Waals surface area contributed by atoms with E-state index in [1.807, 2.05) is 0 Å². The summed E-state index contributed by atoms with van der Waals surface area (Å²) in [6.45, 7) is 5.19. The standard InChI is InChI=1S/C18H20FN3O4/c1-18(2,3)26-17(24)22(15-6-5-12(11-23)8-20-15)10-13-7-14(19)16(25-4)21-9-13/h5-9,11H,10H2,1-4H3. The highest BCUT2D eigenvalue weighted by Gasteiger charge is 2.25. The zero-order chi connectivity index (χ0) is 19.3. The van der Waals surface area contributed by atoms with Crippen molar-refractivity contribution in [2.75, 3.05) is 12.0 Å². The number of nitrogens with zero attached hydrogens (tertiary/aromatic N) is 3. The van der Waals surface area contributed by atoms with Gasteiger partial charge in [0.1, 0.15) is 11.4 Å². The number of methoxy groups -OCH3 is 1.